The summed E-state index contributed by atoms with van der Waals surface area (Å²) in [6.45, 7) is 4.64. The van der Waals surface area contributed by atoms with E-state index in [1.54, 1.807) is 13.8 Å². The smallest absolute Gasteiger partial charge is 0.332 e. The van der Waals surface area contributed by atoms with E-state index in [2.05, 4.69) is 0 Å². The summed E-state index contributed by atoms with van der Waals surface area (Å²) in [6, 6.07) is 0. The van der Waals surface area contributed by atoms with Gasteiger partial charge in [-0.15, -0.1) is 0 Å². The Kier molecular flexibility index (Phi) is 14.2. The van der Waals surface area contributed by atoms with Gasteiger partial charge in [-0.25, -0.2) is 4.79 Å². The molecule has 0 fully saturated rings. The molecule has 70 valence electrons. The Labute approximate surface area is 66.2 Å². The van der Waals surface area contributed by atoms with Crippen LogP contribution in [-0.4, -0.2) is 33.5 Å². The lowest BCUT2D eigenvalue weighted by atomic mass is 10.4. The molecule has 0 saturated carbocycles. The van der Waals surface area contributed by atoms with Crippen molar-refractivity contribution < 1.29 is 20.1 Å². The number of rotatable bonds is 1. The number of hydrogen-bond acceptors (Lipinski definition) is 4. The number of aliphatic hydroxyl groups is 2. The van der Waals surface area contributed by atoms with Gasteiger partial charge in [-0.1, -0.05) is 0 Å². The molecule has 1 unspecified atom stereocenters. The third-order valence-electron chi connectivity index (χ3n) is 0.357. The van der Waals surface area contributed by atoms with Gasteiger partial charge in [0.05, 0.1) is 0 Å². The van der Waals surface area contributed by atoms with E-state index in [0.29, 0.717) is 0 Å². The highest BCUT2D eigenvalue weighted by Crippen LogP contribution is 1.73. The van der Waals surface area contributed by atoms with Crippen LogP contribution >= 0.6 is 0 Å². The van der Waals surface area contributed by atoms with E-state index in [1.165, 1.54) is 6.92 Å². The van der Waals surface area contributed by atoms with Crippen LogP contribution in [0.15, 0.2) is 0 Å². The van der Waals surface area contributed by atoms with Crippen LogP contribution < -0.4 is 6.15 Å². The van der Waals surface area contributed by atoms with Gasteiger partial charge in [-0.2, -0.15) is 0 Å². The number of aliphatic carboxylic acids is 1. The fourth-order valence-corrected chi connectivity index (χ4v) is 0. The highest BCUT2D eigenvalue weighted by atomic mass is 16.4. The molecule has 0 aromatic heterocycles. The normalized spacial score (nSPS) is 10.7. The fourth-order valence-electron chi connectivity index (χ4n) is 0. The standard InChI is InChI=1S/C3H6O3.C3H8O.H3N/c1-2(4)3(5)6;1-3(2)4;/h2,4H,1H3,(H,5,6);3-4H,1-2H3;1H3. The first kappa shape index (κ1) is 16.7. The van der Waals surface area contributed by atoms with Crippen molar-refractivity contribution in [3.05, 3.63) is 0 Å². The van der Waals surface area contributed by atoms with Crippen LogP contribution in [0.2, 0.25) is 0 Å². The zero-order valence-corrected chi connectivity index (χ0v) is 7.11. The average molecular weight is 167 g/mol. The Morgan fingerprint density at radius 3 is 1.27 bits per heavy atom. The van der Waals surface area contributed by atoms with Crippen molar-refractivity contribution in [1.82, 2.24) is 6.15 Å². The van der Waals surface area contributed by atoms with Crippen LogP contribution in [0.5, 0.6) is 0 Å². The molecule has 0 aromatic carbocycles. The Bertz CT molecular complexity index is 89.8. The second-order valence-electron chi connectivity index (χ2n) is 2.11. The van der Waals surface area contributed by atoms with Crippen molar-refractivity contribution in [3.8, 4) is 0 Å². The van der Waals surface area contributed by atoms with E-state index < -0.39 is 12.1 Å². The maximum absolute atomic E-state index is 9.45. The topological polar surface area (TPSA) is 113 Å². The molecule has 0 aliphatic rings. The summed E-state index contributed by atoms with van der Waals surface area (Å²) in [5.74, 6) is -1.19. The SMILES string of the molecule is CC(C)O.CC(O)C(=O)O.N. The van der Waals surface area contributed by atoms with Crippen LogP contribution in [0.4, 0.5) is 0 Å². The van der Waals surface area contributed by atoms with Gasteiger partial charge in [0.1, 0.15) is 6.10 Å². The Morgan fingerprint density at radius 2 is 1.27 bits per heavy atom. The van der Waals surface area contributed by atoms with Crippen LogP contribution in [0, 0.1) is 0 Å². The first-order valence-electron chi connectivity index (χ1n) is 2.96. The molecule has 0 saturated heterocycles. The Hall–Kier alpha value is -0.650. The summed E-state index contributed by atoms with van der Waals surface area (Å²) >= 11 is 0. The molecule has 0 spiro atoms. The number of carbonyl (C=O) groups is 1. The molecule has 5 heteroatoms. The molecule has 0 aromatic rings. The fraction of sp³-hybridized carbons (Fsp3) is 0.833. The molecular weight excluding hydrogens is 150 g/mol. The quantitative estimate of drug-likeness (QED) is 0.439. The summed E-state index contributed by atoms with van der Waals surface area (Å²) in [4.78, 5) is 9.45. The second-order valence-corrected chi connectivity index (χ2v) is 2.11. The molecule has 0 radical (unpaired) electrons. The Balaban J connectivity index is -0.000000114. The third-order valence-corrected chi connectivity index (χ3v) is 0.357. The minimum absolute atomic E-state index is 0. The molecule has 1 atom stereocenters. The maximum Gasteiger partial charge on any atom is 0.332 e. The highest BCUT2D eigenvalue weighted by molar-refractivity contribution is 5.71. The van der Waals surface area contributed by atoms with Gasteiger partial charge < -0.3 is 21.5 Å². The zero-order chi connectivity index (χ0) is 8.73. The third kappa shape index (κ3) is 45.0. The van der Waals surface area contributed by atoms with E-state index in [1.807, 2.05) is 0 Å². The highest BCUT2D eigenvalue weighted by Gasteiger charge is 2.01. The molecule has 0 rings (SSSR count). The number of carboxylic acid groups (broad SMARTS) is 1. The van der Waals surface area contributed by atoms with Gasteiger partial charge in [0.2, 0.25) is 0 Å². The van der Waals surface area contributed by atoms with Crippen LogP contribution in [0.3, 0.4) is 0 Å². The molecule has 0 aliphatic carbocycles. The zero-order valence-electron chi connectivity index (χ0n) is 7.11. The van der Waals surface area contributed by atoms with E-state index in [0.717, 1.165) is 0 Å². The van der Waals surface area contributed by atoms with Crippen molar-refractivity contribution in [2.75, 3.05) is 0 Å². The van der Waals surface area contributed by atoms with Crippen molar-refractivity contribution in [2.45, 2.75) is 33.0 Å². The molecule has 6 N–H and O–H groups in total. The van der Waals surface area contributed by atoms with Gasteiger partial charge in [0, 0.05) is 6.10 Å². The molecular formula is C6H17NO4. The number of hydrogen-bond donors (Lipinski definition) is 4. The number of aliphatic hydroxyl groups excluding tert-OH is 2. The van der Waals surface area contributed by atoms with Gasteiger partial charge in [-0.3, -0.25) is 0 Å². The largest absolute Gasteiger partial charge is 0.479 e. The van der Waals surface area contributed by atoms with E-state index in [9.17, 15) is 4.79 Å². The van der Waals surface area contributed by atoms with Crippen molar-refractivity contribution in [1.29, 1.82) is 0 Å². The van der Waals surface area contributed by atoms with E-state index in [4.69, 9.17) is 15.3 Å². The predicted molar refractivity (Wildman–Crippen MR) is 41.7 cm³/mol. The summed E-state index contributed by atoms with van der Waals surface area (Å²) in [5, 5.41) is 23.8. The van der Waals surface area contributed by atoms with Gasteiger partial charge in [-0.05, 0) is 20.8 Å². The van der Waals surface area contributed by atoms with Crippen LogP contribution in [-0.2, 0) is 4.79 Å². The molecule has 0 bridgehead atoms. The van der Waals surface area contributed by atoms with Gasteiger partial charge in [0.15, 0.2) is 0 Å². The molecule has 0 amide bonds. The molecule has 11 heavy (non-hydrogen) atoms. The van der Waals surface area contributed by atoms with Crippen LogP contribution in [0.25, 0.3) is 0 Å². The lowest BCUT2D eigenvalue weighted by Crippen LogP contribution is -2.13. The lowest BCUT2D eigenvalue weighted by molar-refractivity contribution is -0.145. The monoisotopic (exact) mass is 167 g/mol. The summed E-state index contributed by atoms with van der Waals surface area (Å²) in [7, 11) is 0. The summed E-state index contributed by atoms with van der Waals surface area (Å²) < 4.78 is 0. The van der Waals surface area contributed by atoms with E-state index >= 15 is 0 Å². The van der Waals surface area contributed by atoms with Crippen molar-refractivity contribution in [3.63, 3.8) is 0 Å². The summed E-state index contributed by atoms with van der Waals surface area (Å²) in [6.07, 6.45) is -1.40. The number of carboxylic acids is 1. The maximum atomic E-state index is 9.45. The minimum Gasteiger partial charge on any atom is -0.479 e. The van der Waals surface area contributed by atoms with Crippen molar-refractivity contribution in [2.24, 2.45) is 0 Å². The molecule has 0 aliphatic heterocycles. The average Bonchev–Trinajstić information content (AvgIpc) is 1.63. The van der Waals surface area contributed by atoms with E-state index in [-0.39, 0.29) is 12.3 Å². The first-order chi connectivity index (χ1) is 4.37. The van der Waals surface area contributed by atoms with Gasteiger partial charge >= 0.3 is 5.97 Å². The summed E-state index contributed by atoms with van der Waals surface area (Å²) in [5.41, 5.74) is 0. The predicted octanol–water partition coefficient (Wildman–Crippen LogP) is 0.000900. The molecule has 0 heterocycles. The Morgan fingerprint density at radius 1 is 1.18 bits per heavy atom. The van der Waals surface area contributed by atoms with Crippen molar-refractivity contribution >= 4 is 5.97 Å². The second kappa shape index (κ2) is 9.35. The minimum atomic E-state index is -1.23. The van der Waals surface area contributed by atoms with Gasteiger partial charge in [0.25, 0.3) is 0 Å². The lowest BCUT2D eigenvalue weighted by Gasteiger charge is -1.89. The van der Waals surface area contributed by atoms with Crippen LogP contribution in [0.1, 0.15) is 20.8 Å². The molecule has 5 nitrogen and oxygen atoms in total. The first-order valence-corrected chi connectivity index (χ1v) is 2.96.